The molecular weight excluding hydrogens is 202 g/mol. The Morgan fingerprint density at radius 3 is 2.44 bits per heavy atom. The zero-order valence-electron chi connectivity index (χ0n) is 9.05. The van der Waals surface area contributed by atoms with Crippen LogP contribution in [0.3, 0.4) is 0 Å². The molecule has 0 unspecified atom stereocenters. The molecule has 0 atom stereocenters. The van der Waals surface area contributed by atoms with Crippen LogP contribution in [0, 0.1) is 6.92 Å². The van der Waals surface area contributed by atoms with Gasteiger partial charge in [0.15, 0.2) is 5.78 Å². The number of Topliss-reactive ketones (excluding diaryl/α,β-unsaturated/α-hetero) is 1. The fourth-order valence-corrected chi connectivity index (χ4v) is 1.61. The molecule has 1 heterocycles. The summed E-state index contributed by atoms with van der Waals surface area (Å²) in [5.74, 6) is 0.00833. The Hall–Kier alpha value is -2.03. The van der Waals surface area contributed by atoms with Gasteiger partial charge < -0.3 is 5.21 Å². The lowest BCUT2D eigenvalue weighted by atomic mass is 10.1. The minimum atomic E-state index is 0.00833. The van der Waals surface area contributed by atoms with Crippen LogP contribution in [0.15, 0.2) is 42.5 Å². The summed E-state index contributed by atoms with van der Waals surface area (Å²) in [7, 11) is 0. The average Bonchev–Trinajstić information content (AvgIpc) is 2.62. The third kappa shape index (κ3) is 1.98. The van der Waals surface area contributed by atoms with Crippen LogP contribution >= 0.6 is 0 Å². The summed E-state index contributed by atoms with van der Waals surface area (Å²) in [5.41, 5.74) is 2.02. The van der Waals surface area contributed by atoms with Crippen LogP contribution in [0.1, 0.15) is 21.7 Å². The Balaban J connectivity index is 2.17. The molecule has 0 saturated heterocycles. The van der Waals surface area contributed by atoms with Crippen molar-refractivity contribution < 1.29 is 10.0 Å². The maximum absolute atomic E-state index is 11.9. The highest BCUT2D eigenvalue weighted by atomic mass is 16.5. The maximum atomic E-state index is 11.9. The molecule has 2 aromatic rings. The molecule has 0 aliphatic carbocycles. The first-order valence-electron chi connectivity index (χ1n) is 5.13. The molecule has 0 bridgehead atoms. The smallest absolute Gasteiger partial charge is 0.168 e. The van der Waals surface area contributed by atoms with Crippen LogP contribution in [-0.2, 0) is 6.42 Å². The standard InChI is InChI=1S/C13H13NO2/c1-10-7-8-12(14(10)16)9-13(15)11-5-3-2-4-6-11/h2-8,16H,9H2,1H3. The second-order valence-corrected chi connectivity index (χ2v) is 3.74. The number of ketones is 1. The molecular formula is C13H13NO2. The Bertz CT molecular complexity index is 500. The lowest BCUT2D eigenvalue weighted by Crippen LogP contribution is -2.08. The largest absolute Gasteiger partial charge is 0.428 e. The number of hydrogen-bond donors (Lipinski definition) is 1. The fourth-order valence-electron chi connectivity index (χ4n) is 1.61. The predicted octanol–water partition coefficient (Wildman–Crippen LogP) is 2.46. The van der Waals surface area contributed by atoms with Gasteiger partial charge in [-0.05, 0) is 19.1 Å². The maximum Gasteiger partial charge on any atom is 0.168 e. The molecule has 0 amide bonds. The Morgan fingerprint density at radius 1 is 1.19 bits per heavy atom. The van der Waals surface area contributed by atoms with Gasteiger partial charge in [0.2, 0.25) is 0 Å². The molecule has 3 nitrogen and oxygen atoms in total. The second-order valence-electron chi connectivity index (χ2n) is 3.74. The highest BCUT2D eigenvalue weighted by Gasteiger charge is 2.10. The predicted molar refractivity (Wildman–Crippen MR) is 60.8 cm³/mol. The van der Waals surface area contributed by atoms with E-state index in [-0.39, 0.29) is 12.2 Å². The van der Waals surface area contributed by atoms with Crippen LogP contribution in [-0.4, -0.2) is 15.7 Å². The summed E-state index contributed by atoms with van der Waals surface area (Å²) in [5, 5.41) is 9.60. The molecule has 3 heteroatoms. The lowest BCUT2D eigenvalue weighted by molar-refractivity contribution is 0.0977. The zero-order chi connectivity index (χ0) is 11.5. The van der Waals surface area contributed by atoms with Gasteiger partial charge in [-0.1, -0.05) is 30.3 Å². The summed E-state index contributed by atoms with van der Waals surface area (Å²) in [4.78, 5) is 11.9. The number of carbonyl (C=O) groups excluding carboxylic acids is 1. The number of aromatic nitrogens is 1. The minimum Gasteiger partial charge on any atom is -0.428 e. The third-order valence-electron chi connectivity index (χ3n) is 2.56. The Morgan fingerprint density at radius 2 is 1.88 bits per heavy atom. The van der Waals surface area contributed by atoms with Gasteiger partial charge in [-0.2, -0.15) is 4.73 Å². The van der Waals surface area contributed by atoms with Crippen molar-refractivity contribution in [2.75, 3.05) is 0 Å². The van der Waals surface area contributed by atoms with E-state index in [1.807, 2.05) is 18.2 Å². The molecule has 1 N–H and O–H groups in total. The van der Waals surface area contributed by atoms with Crippen molar-refractivity contribution in [1.82, 2.24) is 4.73 Å². The third-order valence-corrected chi connectivity index (χ3v) is 2.56. The van der Waals surface area contributed by atoms with Crippen molar-refractivity contribution in [1.29, 1.82) is 0 Å². The molecule has 16 heavy (non-hydrogen) atoms. The first kappa shape index (κ1) is 10.5. The van der Waals surface area contributed by atoms with E-state index in [0.717, 1.165) is 10.4 Å². The SMILES string of the molecule is Cc1ccc(CC(=O)c2ccccc2)n1O. The van der Waals surface area contributed by atoms with Gasteiger partial charge >= 0.3 is 0 Å². The van der Waals surface area contributed by atoms with Crippen LogP contribution < -0.4 is 0 Å². The summed E-state index contributed by atoms with van der Waals surface area (Å²) in [6.07, 6.45) is 0.217. The van der Waals surface area contributed by atoms with E-state index in [2.05, 4.69) is 0 Å². The average molecular weight is 215 g/mol. The van der Waals surface area contributed by atoms with E-state index >= 15 is 0 Å². The summed E-state index contributed by atoms with van der Waals surface area (Å²) in [6, 6.07) is 12.6. The Labute approximate surface area is 93.9 Å². The molecule has 0 aliphatic heterocycles. The number of nitrogens with zero attached hydrogens (tertiary/aromatic N) is 1. The van der Waals surface area contributed by atoms with Gasteiger partial charge in [0.1, 0.15) is 0 Å². The Kier molecular flexibility index (Phi) is 2.77. The van der Waals surface area contributed by atoms with Crippen molar-refractivity contribution in [3.05, 3.63) is 59.4 Å². The van der Waals surface area contributed by atoms with Gasteiger partial charge in [-0.25, -0.2) is 0 Å². The van der Waals surface area contributed by atoms with Gasteiger partial charge in [-0.15, -0.1) is 0 Å². The monoisotopic (exact) mass is 215 g/mol. The lowest BCUT2D eigenvalue weighted by Gasteiger charge is -2.03. The molecule has 0 aliphatic rings. The van der Waals surface area contributed by atoms with Gasteiger partial charge in [-0.3, -0.25) is 4.79 Å². The molecule has 0 fully saturated rings. The molecule has 2 rings (SSSR count). The molecule has 82 valence electrons. The summed E-state index contributed by atoms with van der Waals surface area (Å²) < 4.78 is 1.06. The van der Waals surface area contributed by atoms with Crippen molar-refractivity contribution >= 4 is 5.78 Å². The van der Waals surface area contributed by atoms with E-state index in [9.17, 15) is 10.0 Å². The number of aryl methyl sites for hydroxylation is 1. The number of benzene rings is 1. The highest BCUT2D eigenvalue weighted by molar-refractivity contribution is 5.97. The van der Waals surface area contributed by atoms with Gasteiger partial charge in [0.05, 0.1) is 17.8 Å². The number of rotatable bonds is 3. The quantitative estimate of drug-likeness (QED) is 0.631. The van der Waals surface area contributed by atoms with Gasteiger partial charge in [0, 0.05) is 5.56 Å². The van der Waals surface area contributed by atoms with E-state index in [0.29, 0.717) is 11.3 Å². The van der Waals surface area contributed by atoms with Crippen LogP contribution in [0.25, 0.3) is 0 Å². The molecule has 1 aromatic heterocycles. The minimum absolute atomic E-state index is 0.00833. The van der Waals surface area contributed by atoms with Crippen LogP contribution in [0.4, 0.5) is 0 Å². The molecule has 0 saturated carbocycles. The normalized spacial score (nSPS) is 10.3. The fraction of sp³-hybridized carbons (Fsp3) is 0.154. The molecule has 1 aromatic carbocycles. The summed E-state index contributed by atoms with van der Waals surface area (Å²) >= 11 is 0. The molecule has 0 spiro atoms. The van der Waals surface area contributed by atoms with Gasteiger partial charge in [0.25, 0.3) is 0 Å². The summed E-state index contributed by atoms with van der Waals surface area (Å²) in [6.45, 7) is 1.79. The highest BCUT2D eigenvalue weighted by Crippen LogP contribution is 2.10. The van der Waals surface area contributed by atoms with Crippen molar-refractivity contribution in [3.8, 4) is 0 Å². The first-order valence-corrected chi connectivity index (χ1v) is 5.13. The number of carbonyl (C=O) groups is 1. The second kappa shape index (κ2) is 4.23. The topological polar surface area (TPSA) is 42.2 Å². The van der Waals surface area contributed by atoms with E-state index in [1.165, 1.54) is 0 Å². The van der Waals surface area contributed by atoms with E-state index in [4.69, 9.17) is 0 Å². The van der Waals surface area contributed by atoms with Crippen LogP contribution in [0.5, 0.6) is 0 Å². The van der Waals surface area contributed by atoms with Crippen molar-refractivity contribution in [3.63, 3.8) is 0 Å². The first-order chi connectivity index (χ1) is 7.68. The number of hydrogen-bond acceptors (Lipinski definition) is 2. The van der Waals surface area contributed by atoms with Crippen molar-refractivity contribution in [2.24, 2.45) is 0 Å². The molecule has 0 radical (unpaired) electrons. The van der Waals surface area contributed by atoms with E-state index < -0.39 is 0 Å². The van der Waals surface area contributed by atoms with E-state index in [1.54, 1.807) is 31.2 Å². The van der Waals surface area contributed by atoms with Crippen LogP contribution in [0.2, 0.25) is 0 Å². The zero-order valence-corrected chi connectivity index (χ0v) is 9.05. The van der Waals surface area contributed by atoms with Crippen molar-refractivity contribution in [2.45, 2.75) is 13.3 Å².